The Kier molecular flexibility index (Phi) is 7.14. The SMILES string of the molecule is Cc1cc(Nc2ncnc3ccc(NC(=O)C=C4CCNCC4)cc23)ccc1OCc1ccccn1. The largest absolute Gasteiger partial charge is 0.487 e. The zero-order valence-electron chi connectivity index (χ0n) is 20.1. The number of benzene rings is 2. The van der Waals surface area contributed by atoms with E-state index in [1.165, 1.54) is 11.9 Å². The minimum atomic E-state index is -0.116. The van der Waals surface area contributed by atoms with Crippen LogP contribution in [-0.4, -0.2) is 33.9 Å². The fourth-order valence-corrected chi connectivity index (χ4v) is 4.15. The molecule has 1 amide bonds. The smallest absolute Gasteiger partial charge is 0.248 e. The molecule has 0 spiro atoms. The molecule has 2 aromatic heterocycles. The molecule has 2 aromatic carbocycles. The Labute approximate surface area is 209 Å². The van der Waals surface area contributed by atoms with Crippen LogP contribution in [0.2, 0.25) is 0 Å². The van der Waals surface area contributed by atoms with Crippen LogP contribution in [0.25, 0.3) is 10.9 Å². The maximum absolute atomic E-state index is 12.5. The Hall–Kier alpha value is -4.30. The van der Waals surface area contributed by atoms with Crippen molar-refractivity contribution in [2.45, 2.75) is 26.4 Å². The van der Waals surface area contributed by atoms with E-state index in [0.717, 1.165) is 59.5 Å². The Morgan fingerprint density at radius 2 is 1.89 bits per heavy atom. The number of fused-ring (bicyclic) bond motifs is 1. The van der Waals surface area contributed by atoms with E-state index in [-0.39, 0.29) is 5.91 Å². The number of carbonyl (C=O) groups is 1. The molecule has 1 aliphatic rings. The number of ether oxygens (including phenoxy) is 1. The average Bonchev–Trinajstić information content (AvgIpc) is 2.90. The van der Waals surface area contributed by atoms with E-state index in [2.05, 4.69) is 30.9 Å². The van der Waals surface area contributed by atoms with E-state index in [1.54, 1.807) is 12.3 Å². The third-order valence-corrected chi connectivity index (χ3v) is 6.02. The predicted molar refractivity (Wildman–Crippen MR) is 141 cm³/mol. The van der Waals surface area contributed by atoms with Crippen molar-refractivity contribution >= 4 is 34.0 Å². The number of aromatic nitrogens is 3. The zero-order chi connectivity index (χ0) is 24.7. The van der Waals surface area contributed by atoms with E-state index in [0.29, 0.717) is 18.1 Å². The number of amides is 1. The zero-order valence-corrected chi connectivity index (χ0v) is 20.1. The number of aryl methyl sites for hydroxylation is 1. The molecular weight excluding hydrogens is 452 g/mol. The second kappa shape index (κ2) is 11.0. The molecule has 0 bridgehead atoms. The molecule has 36 heavy (non-hydrogen) atoms. The second-order valence-corrected chi connectivity index (χ2v) is 8.71. The van der Waals surface area contributed by atoms with Crippen LogP contribution in [0.4, 0.5) is 17.2 Å². The lowest BCUT2D eigenvalue weighted by Crippen LogP contribution is -2.24. The van der Waals surface area contributed by atoms with Crippen molar-refractivity contribution in [1.82, 2.24) is 20.3 Å². The van der Waals surface area contributed by atoms with Gasteiger partial charge in [-0.3, -0.25) is 9.78 Å². The van der Waals surface area contributed by atoms with E-state index in [4.69, 9.17) is 4.74 Å². The number of carbonyl (C=O) groups excluding carboxylic acids is 1. The first-order valence-corrected chi connectivity index (χ1v) is 12.0. The molecule has 0 aliphatic carbocycles. The third-order valence-electron chi connectivity index (χ3n) is 6.02. The molecule has 0 radical (unpaired) electrons. The Bertz CT molecular complexity index is 1400. The molecule has 8 heteroatoms. The average molecular weight is 481 g/mol. The summed E-state index contributed by atoms with van der Waals surface area (Å²) in [6.45, 7) is 4.24. The molecule has 1 fully saturated rings. The van der Waals surface area contributed by atoms with E-state index in [1.807, 2.05) is 61.5 Å². The molecule has 182 valence electrons. The van der Waals surface area contributed by atoms with Crippen LogP contribution >= 0.6 is 0 Å². The van der Waals surface area contributed by atoms with E-state index in [9.17, 15) is 4.79 Å². The molecule has 0 saturated carbocycles. The van der Waals surface area contributed by atoms with Gasteiger partial charge in [0.1, 0.15) is 24.5 Å². The number of hydrogen-bond acceptors (Lipinski definition) is 7. The summed E-state index contributed by atoms with van der Waals surface area (Å²) in [5, 5.41) is 10.5. The predicted octanol–water partition coefficient (Wildman–Crippen LogP) is 4.90. The maximum Gasteiger partial charge on any atom is 0.248 e. The summed E-state index contributed by atoms with van der Waals surface area (Å²) in [5.74, 6) is 1.34. The normalized spacial score (nSPS) is 13.3. The molecule has 1 saturated heterocycles. The highest BCUT2D eigenvalue weighted by atomic mass is 16.5. The van der Waals surface area contributed by atoms with Gasteiger partial charge in [0.2, 0.25) is 5.91 Å². The molecule has 0 unspecified atom stereocenters. The number of pyridine rings is 1. The molecule has 3 heterocycles. The Morgan fingerprint density at radius 3 is 2.69 bits per heavy atom. The molecule has 3 N–H and O–H groups in total. The van der Waals surface area contributed by atoms with Gasteiger partial charge in [-0.15, -0.1) is 0 Å². The number of hydrogen-bond donors (Lipinski definition) is 3. The van der Waals surface area contributed by atoms with Crippen LogP contribution in [0.3, 0.4) is 0 Å². The van der Waals surface area contributed by atoms with Gasteiger partial charge in [0, 0.05) is 29.0 Å². The van der Waals surface area contributed by atoms with Crippen molar-refractivity contribution in [3.05, 3.63) is 90.0 Å². The Morgan fingerprint density at radius 1 is 1.03 bits per heavy atom. The van der Waals surface area contributed by atoms with Gasteiger partial charge < -0.3 is 20.7 Å². The van der Waals surface area contributed by atoms with E-state index < -0.39 is 0 Å². The minimum Gasteiger partial charge on any atom is -0.487 e. The highest BCUT2D eigenvalue weighted by Crippen LogP contribution is 2.28. The Balaban J connectivity index is 1.31. The van der Waals surface area contributed by atoms with Crippen LogP contribution in [0, 0.1) is 6.92 Å². The fourth-order valence-electron chi connectivity index (χ4n) is 4.15. The van der Waals surface area contributed by atoms with Gasteiger partial charge in [0.25, 0.3) is 0 Å². The summed E-state index contributed by atoms with van der Waals surface area (Å²) in [6.07, 6.45) is 6.81. The van der Waals surface area contributed by atoms with Gasteiger partial charge in [-0.2, -0.15) is 0 Å². The monoisotopic (exact) mass is 480 g/mol. The minimum absolute atomic E-state index is 0.116. The van der Waals surface area contributed by atoms with Gasteiger partial charge >= 0.3 is 0 Å². The summed E-state index contributed by atoms with van der Waals surface area (Å²) in [5.41, 5.74) is 5.40. The van der Waals surface area contributed by atoms with Crippen LogP contribution in [0.5, 0.6) is 5.75 Å². The number of rotatable bonds is 7. The summed E-state index contributed by atoms with van der Waals surface area (Å²) >= 11 is 0. The maximum atomic E-state index is 12.5. The lowest BCUT2D eigenvalue weighted by atomic mass is 10.1. The van der Waals surface area contributed by atoms with Gasteiger partial charge in [-0.25, -0.2) is 9.97 Å². The van der Waals surface area contributed by atoms with Crippen molar-refractivity contribution in [3.8, 4) is 5.75 Å². The molecular formula is C28H28N6O2. The summed E-state index contributed by atoms with van der Waals surface area (Å²) in [7, 11) is 0. The summed E-state index contributed by atoms with van der Waals surface area (Å²) in [4.78, 5) is 25.7. The van der Waals surface area contributed by atoms with Gasteiger partial charge in [0.15, 0.2) is 0 Å². The van der Waals surface area contributed by atoms with Gasteiger partial charge in [-0.1, -0.05) is 11.6 Å². The van der Waals surface area contributed by atoms with Crippen molar-refractivity contribution in [2.24, 2.45) is 0 Å². The standard InChI is InChI=1S/C28H28N6O2/c1-19-14-21(6-8-26(19)36-17-23-4-2-3-11-30-23)34-28-24-16-22(5-7-25(24)31-18-32-28)33-27(35)15-20-9-12-29-13-10-20/h2-8,11,14-16,18,29H,9-10,12-13,17H2,1H3,(H,33,35)(H,31,32,34). The molecule has 4 aromatic rings. The molecule has 8 nitrogen and oxygen atoms in total. The highest BCUT2D eigenvalue weighted by Gasteiger charge is 2.10. The van der Waals surface area contributed by atoms with Gasteiger partial charge in [0.05, 0.1) is 11.2 Å². The number of nitrogens with zero attached hydrogens (tertiary/aromatic N) is 3. The molecule has 0 atom stereocenters. The van der Waals surface area contributed by atoms with Crippen molar-refractivity contribution in [3.63, 3.8) is 0 Å². The van der Waals surface area contributed by atoms with E-state index >= 15 is 0 Å². The number of piperidine rings is 1. The number of anilines is 3. The van der Waals surface area contributed by atoms with Crippen molar-refractivity contribution in [2.75, 3.05) is 23.7 Å². The van der Waals surface area contributed by atoms with Crippen molar-refractivity contribution < 1.29 is 9.53 Å². The third kappa shape index (κ3) is 5.84. The number of nitrogens with one attached hydrogen (secondary N) is 3. The highest BCUT2D eigenvalue weighted by molar-refractivity contribution is 6.02. The lowest BCUT2D eigenvalue weighted by molar-refractivity contribution is -0.112. The van der Waals surface area contributed by atoms with Crippen LogP contribution in [-0.2, 0) is 11.4 Å². The van der Waals surface area contributed by atoms with Crippen LogP contribution in [0.1, 0.15) is 24.1 Å². The summed E-state index contributed by atoms with van der Waals surface area (Å²) in [6, 6.07) is 17.3. The topological polar surface area (TPSA) is 101 Å². The first-order chi connectivity index (χ1) is 17.6. The lowest BCUT2D eigenvalue weighted by Gasteiger charge is -2.15. The van der Waals surface area contributed by atoms with Crippen molar-refractivity contribution in [1.29, 1.82) is 0 Å². The molecule has 5 rings (SSSR count). The fraction of sp³-hybridized carbons (Fsp3) is 0.214. The summed E-state index contributed by atoms with van der Waals surface area (Å²) < 4.78 is 5.94. The first-order valence-electron chi connectivity index (χ1n) is 12.0. The van der Waals surface area contributed by atoms with Crippen LogP contribution in [0.15, 0.2) is 78.8 Å². The quantitative estimate of drug-likeness (QED) is 0.323. The molecule has 1 aliphatic heterocycles. The second-order valence-electron chi connectivity index (χ2n) is 8.71. The van der Waals surface area contributed by atoms with Gasteiger partial charge in [-0.05, 0) is 86.9 Å². The first kappa shape index (κ1) is 23.4. The van der Waals surface area contributed by atoms with Crippen LogP contribution < -0.4 is 20.7 Å².